The van der Waals surface area contributed by atoms with E-state index >= 15 is 0 Å². The predicted octanol–water partition coefficient (Wildman–Crippen LogP) is 1.73. The maximum absolute atomic E-state index is 12.3. The van der Waals surface area contributed by atoms with Gasteiger partial charge in [0.2, 0.25) is 5.91 Å². The molecule has 0 aromatic heterocycles. The SMILES string of the molecule is O=C(NNC(=O)C1C2C=CC(C2)C1C(=O)O)c1ccc(Br)cc1. The summed E-state index contributed by atoms with van der Waals surface area (Å²) in [6.45, 7) is 0. The minimum atomic E-state index is -0.971. The summed E-state index contributed by atoms with van der Waals surface area (Å²) in [6.07, 6.45) is 4.44. The van der Waals surface area contributed by atoms with Crippen LogP contribution in [0.1, 0.15) is 16.8 Å². The molecule has 0 aliphatic heterocycles. The fraction of sp³-hybridized carbons (Fsp3) is 0.312. The highest BCUT2D eigenvalue weighted by Crippen LogP contribution is 2.48. The van der Waals surface area contributed by atoms with Crippen LogP contribution in [-0.4, -0.2) is 22.9 Å². The van der Waals surface area contributed by atoms with Crippen molar-refractivity contribution in [2.75, 3.05) is 0 Å². The molecule has 1 aromatic rings. The van der Waals surface area contributed by atoms with E-state index in [0.717, 1.165) is 4.47 Å². The van der Waals surface area contributed by atoms with Crippen LogP contribution in [-0.2, 0) is 9.59 Å². The second-order valence-corrected chi connectivity index (χ2v) is 6.70. The first-order valence-corrected chi connectivity index (χ1v) is 8.03. The molecule has 4 unspecified atom stereocenters. The lowest BCUT2D eigenvalue weighted by atomic mass is 9.82. The standard InChI is InChI=1S/C16H15BrN2O4/c17-11-5-3-8(4-6-11)14(20)18-19-15(21)12-9-1-2-10(7-9)13(12)16(22)23/h1-6,9-10,12-13H,7H2,(H,18,20)(H,19,21)(H,22,23). The Balaban J connectivity index is 1.63. The van der Waals surface area contributed by atoms with Gasteiger partial charge < -0.3 is 5.11 Å². The number of carboxylic acid groups (broad SMARTS) is 1. The van der Waals surface area contributed by atoms with Crippen LogP contribution >= 0.6 is 15.9 Å². The molecule has 3 rings (SSSR count). The molecule has 1 saturated carbocycles. The average molecular weight is 379 g/mol. The van der Waals surface area contributed by atoms with Crippen LogP contribution in [0.15, 0.2) is 40.9 Å². The van der Waals surface area contributed by atoms with E-state index in [-0.39, 0.29) is 11.8 Å². The van der Waals surface area contributed by atoms with E-state index in [1.54, 1.807) is 24.3 Å². The van der Waals surface area contributed by atoms with Gasteiger partial charge in [-0.05, 0) is 42.5 Å². The van der Waals surface area contributed by atoms with Crippen LogP contribution < -0.4 is 10.9 Å². The Labute approximate surface area is 141 Å². The van der Waals surface area contributed by atoms with Crippen LogP contribution in [0, 0.1) is 23.7 Å². The van der Waals surface area contributed by atoms with Crippen LogP contribution in [0.25, 0.3) is 0 Å². The number of carbonyl (C=O) groups is 3. The quantitative estimate of drug-likeness (QED) is 0.551. The Bertz CT molecular complexity index is 686. The number of hydrogen-bond acceptors (Lipinski definition) is 3. The Hall–Kier alpha value is -2.15. The molecular weight excluding hydrogens is 364 g/mol. The lowest BCUT2D eigenvalue weighted by Crippen LogP contribution is -2.48. The summed E-state index contributed by atoms with van der Waals surface area (Å²) in [5.74, 6) is -3.43. The summed E-state index contributed by atoms with van der Waals surface area (Å²) in [5.41, 5.74) is 5.10. The fourth-order valence-corrected chi connectivity index (χ4v) is 3.66. The first-order valence-electron chi connectivity index (χ1n) is 7.24. The van der Waals surface area contributed by atoms with Crippen LogP contribution in [0.2, 0.25) is 0 Å². The molecular formula is C16H15BrN2O4. The maximum Gasteiger partial charge on any atom is 0.307 e. The van der Waals surface area contributed by atoms with Crippen molar-refractivity contribution in [3.05, 3.63) is 46.5 Å². The highest BCUT2D eigenvalue weighted by molar-refractivity contribution is 9.10. The van der Waals surface area contributed by atoms with Crippen molar-refractivity contribution in [2.24, 2.45) is 23.7 Å². The monoisotopic (exact) mass is 378 g/mol. The number of amides is 2. The first kappa shape index (κ1) is 15.7. The van der Waals surface area contributed by atoms with Crippen molar-refractivity contribution in [3.8, 4) is 0 Å². The Morgan fingerprint density at radius 1 is 1.00 bits per heavy atom. The number of allylic oxidation sites excluding steroid dienone is 2. The molecule has 6 nitrogen and oxygen atoms in total. The summed E-state index contributed by atoms with van der Waals surface area (Å²) < 4.78 is 0.844. The van der Waals surface area contributed by atoms with Crippen LogP contribution in [0.5, 0.6) is 0 Å². The molecule has 7 heteroatoms. The minimum Gasteiger partial charge on any atom is -0.481 e. The van der Waals surface area contributed by atoms with Gasteiger partial charge in [0.05, 0.1) is 11.8 Å². The number of hydrogen-bond donors (Lipinski definition) is 3. The molecule has 2 amide bonds. The molecule has 4 atom stereocenters. The zero-order valence-electron chi connectivity index (χ0n) is 12.0. The molecule has 2 aliphatic rings. The Morgan fingerprint density at radius 3 is 2.22 bits per heavy atom. The maximum atomic E-state index is 12.3. The number of fused-ring (bicyclic) bond motifs is 2. The van der Waals surface area contributed by atoms with Crippen molar-refractivity contribution in [1.82, 2.24) is 10.9 Å². The molecule has 0 saturated heterocycles. The van der Waals surface area contributed by atoms with E-state index < -0.39 is 29.6 Å². The molecule has 23 heavy (non-hydrogen) atoms. The molecule has 0 heterocycles. The van der Waals surface area contributed by atoms with Gasteiger partial charge in [0.1, 0.15) is 0 Å². The first-order chi connectivity index (χ1) is 11.0. The number of rotatable bonds is 3. The van der Waals surface area contributed by atoms with Crippen molar-refractivity contribution >= 4 is 33.7 Å². The molecule has 2 bridgehead atoms. The molecule has 1 aromatic carbocycles. The highest BCUT2D eigenvalue weighted by Gasteiger charge is 2.51. The summed E-state index contributed by atoms with van der Waals surface area (Å²) in [7, 11) is 0. The van der Waals surface area contributed by atoms with Gasteiger partial charge in [0.15, 0.2) is 0 Å². The van der Waals surface area contributed by atoms with Crippen molar-refractivity contribution in [2.45, 2.75) is 6.42 Å². The van der Waals surface area contributed by atoms with E-state index in [1.807, 2.05) is 12.2 Å². The summed E-state index contributed by atoms with van der Waals surface area (Å²) in [4.78, 5) is 35.7. The highest BCUT2D eigenvalue weighted by atomic mass is 79.9. The largest absolute Gasteiger partial charge is 0.481 e. The molecule has 0 spiro atoms. The molecule has 0 radical (unpaired) electrons. The number of hydrazine groups is 1. The zero-order chi connectivity index (χ0) is 16.6. The van der Waals surface area contributed by atoms with Gasteiger partial charge in [0, 0.05) is 10.0 Å². The number of carbonyl (C=O) groups excluding carboxylic acids is 2. The van der Waals surface area contributed by atoms with E-state index in [1.165, 1.54) is 0 Å². The second kappa shape index (κ2) is 6.16. The van der Waals surface area contributed by atoms with Gasteiger partial charge in [-0.25, -0.2) is 0 Å². The smallest absolute Gasteiger partial charge is 0.307 e. The van der Waals surface area contributed by atoms with Gasteiger partial charge >= 0.3 is 5.97 Å². The van der Waals surface area contributed by atoms with Crippen LogP contribution in [0.4, 0.5) is 0 Å². The van der Waals surface area contributed by atoms with Crippen molar-refractivity contribution in [3.63, 3.8) is 0 Å². The van der Waals surface area contributed by atoms with Crippen LogP contribution in [0.3, 0.4) is 0 Å². The average Bonchev–Trinajstić information content (AvgIpc) is 3.13. The van der Waals surface area contributed by atoms with Gasteiger partial charge in [-0.1, -0.05) is 28.1 Å². The Morgan fingerprint density at radius 2 is 1.61 bits per heavy atom. The van der Waals surface area contributed by atoms with Gasteiger partial charge in [0.25, 0.3) is 5.91 Å². The Kier molecular flexibility index (Phi) is 4.21. The summed E-state index contributed by atoms with van der Waals surface area (Å²) >= 11 is 3.28. The second-order valence-electron chi connectivity index (χ2n) is 5.79. The number of nitrogens with one attached hydrogen (secondary N) is 2. The fourth-order valence-electron chi connectivity index (χ4n) is 3.39. The lowest BCUT2D eigenvalue weighted by Gasteiger charge is -2.23. The van der Waals surface area contributed by atoms with E-state index in [2.05, 4.69) is 26.8 Å². The van der Waals surface area contributed by atoms with Gasteiger partial charge in [-0.3, -0.25) is 25.2 Å². The number of benzene rings is 1. The third kappa shape index (κ3) is 3.01. The van der Waals surface area contributed by atoms with Crippen molar-refractivity contribution in [1.29, 1.82) is 0 Å². The van der Waals surface area contributed by atoms with Gasteiger partial charge in [-0.2, -0.15) is 0 Å². The molecule has 1 fully saturated rings. The van der Waals surface area contributed by atoms with E-state index in [9.17, 15) is 19.5 Å². The number of aliphatic carboxylic acids is 1. The molecule has 3 N–H and O–H groups in total. The van der Waals surface area contributed by atoms with E-state index in [4.69, 9.17) is 0 Å². The predicted molar refractivity (Wildman–Crippen MR) is 85.1 cm³/mol. The van der Waals surface area contributed by atoms with E-state index in [0.29, 0.717) is 12.0 Å². The van der Waals surface area contributed by atoms with Crippen molar-refractivity contribution < 1.29 is 19.5 Å². The topological polar surface area (TPSA) is 95.5 Å². The normalized spacial score (nSPS) is 27.7. The van der Waals surface area contributed by atoms with Gasteiger partial charge in [-0.15, -0.1) is 0 Å². The molecule has 2 aliphatic carbocycles. The number of carboxylic acids is 1. The minimum absolute atomic E-state index is 0.0781. The summed E-state index contributed by atoms with van der Waals surface area (Å²) in [6, 6.07) is 6.67. The summed E-state index contributed by atoms with van der Waals surface area (Å²) in [5, 5.41) is 9.33. The number of halogens is 1. The third-order valence-electron chi connectivity index (χ3n) is 4.45. The third-order valence-corrected chi connectivity index (χ3v) is 4.98. The zero-order valence-corrected chi connectivity index (χ0v) is 13.6. The lowest BCUT2D eigenvalue weighted by molar-refractivity contribution is -0.148. The molecule has 120 valence electrons.